The molecule has 0 spiro atoms. The number of hydrogen-bond acceptors (Lipinski definition) is 2. The number of rotatable bonds is 4. The molecule has 0 amide bonds. The molecule has 0 aliphatic carbocycles. The first-order chi connectivity index (χ1) is 6.89. The van der Waals surface area contributed by atoms with E-state index in [1.54, 1.807) is 0 Å². The summed E-state index contributed by atoms with van der Waals surface area (Å²) in [7, 11) is 2.01. The highest BCUT2D eigenvalue weighted by molar-refractivity contribution is 5.09. The molecular weight excluding hydrogens is 188 g/mol. The highest BCUT2D eigenvalue weighted by Gasteiger charge is 2.21. The summed E-state index contributed by atoms with van der Waals surface area (Å²) in [5, 5.41) is 13.1. The van der Waals surface area contributed by atoms with Crippen molar-refractivity contribution in [1.82, 2.24) is 9.88 Å². The molecule has 3 nitrogen and oxygen atoms in total. The van der Waals surface area contributed by atoms with Crippen molar-refractivity contribution in [2.75, 3.05) is 6.54 Å². The predicted octanol–water partition coefficient (Wildman–Crippen LogP) is 1.52. The van der Waals surface area contributed by atoms with Crippen LogP contribution in [0.15, 0.2) is 18.5 Å². The highest BCUT2D eigenvalue weighted by atomic mass is 16.3. The van der Waals surface area contributed by atoms with Gasteiger partial charge in [0, 0.05) is 32.5 Å². The smallest absolute Gasteiger partial charge is 0.0712 e. The van der Waals surface area contributed by atoms with Crippen molar-refractivity contribution < 1.29 is 5.11 Å². The Balaban J connectivity index is 2.28. The first-order valence-corrected chi connectivity index (χ1v) is 5.39. The van der Waals surface area contributed by atoms with Crippen LogP contribution >= 0.6 is 0 Å². The van der Waals surface area contributed by atoms with Crippen molar-refractivity contribution in [3.05, 3.63) is 24.0 Å². The SMILES string of the molecule is Cn1ccc(CNCC(O)C(C)(C)C)c1. The van der Waals surface area contributed by atoms with Crippen molar-refractivity contribution in [3.63, 3.8) is 0 Å². The third-order valence-corrected chi connectivity index (χ3v) is 2.56. The maximum atomic E-state index is 9.80. The van der Waals surface area contributed by atoms with E-state index >= 15 is 0 Å². The Labute approximate surface area is 92.1 Å². The quantitative estimate of drug-likeness (QED) is 0.790. The topological polar surface area (TPSA) is 37.2 Å². The summed E-state index contributed by atoms with van der Waals surface area (Å²) in [5.74, 6) is 0. The molecule has 1 aromatic rings. The van der Waals surface area contributed by atoms with Gasteiger partial charge in [-0.25, -0.2) is 0 Å². The summed E-state index contributed by atoms with van der Waals surface area (Å²) >= 11 is 0. The summed E-state index contributed by atoms with van der Waals surface area (Å²) in [6.07, 6.45) is 3.80. The number of nitrogens with one attached hydrogen (secondary N) is 1. The Morgan fingerprint density at radius 3 is 2.60 bits per heavy atom. The average Bonchev–Trinajstić information content (AvgIpc) is 2.49. The van der Waals surface area contributed by atoms with E-state index in [-0.39, 0.29) is 11.5 Å². The van der Waals surface area contributed by atoms with Gasteiger partial charge >= 0.3 is 0 Å². The van der Waals surface area contributed by atoms with Gasteiger partial charge in [-0.05, 0) is 17.0 Å². The minimum absolute atomic E-state index is 0.0519. The van der Waals surface area contributed by atoms with Gasteiger partial charge in [-0.3, -0.25) is 0 Å². The fraction of sp³-hybridized carbons (Fsp3) is 0.667. The lowest BCUT2D eigenvalue weighted by Gasteiger charge is -2.25. The zero-order valence-electron chi connectivity index (χ0n) is 10.1. The van der Waals surface area contributed by atoms with Gasteiger partial charge in [-0.1, -0.05) is 20.8 Å². The lowest BCUT2D eigenvalue weighted by Crippen LogP contribution is -2.36. The van der Waals surface area contributed by atoms with Crippen LogP contribution in [0.3, 0.4) is 0 Å². The molecule has 0 radical (unpaired) electrons. The van der Waals surface area contributed by atoms with Crippen molar-refractivity contribution in [2.24, 2.45) is 12.5 Å². The van der Waals surface area contributed by atoms with Crippen LogP contribution in [-0.2, 0) is 13.6 Å². The lowest BCUT2D eigenvalue weighted by atomic mass is 9.89. The molecule has 2 N–H and O–H groups in total. The summed E-state index contributed by atoms with van der Waals surface area (Å²) in [6.45, 7) is 7.58. The van der Waals surface area contributed by atoms with E-state index in [0.29, 0.717) is 6.54 Å². The molecule has 3 heteroatoms. The van der Waals surface area contributed by atoms with Gasteiger partial charge in [0.15, 0.2) is 0 Å². The monoisotopic (exact) mass is 210 g/mol. The van der Waals surface area contributed by atoms with E-state index in [2.05, 4.69) is 17.6 Å². The number of aliphatic hydroxyl groups excluding tert-OH is 1. The Hall–Kier alpha value is -0.800. The van der Waals surface area contributed by atoms with Crippen LogP contribution in [-0.4, -0.2) is 22.3 Å². The molecule has 0 aliphatic heterocycles. The molecule has 0 fully saturated rings. The third kappa shape index (κ3) is 4.06. The van der Waals surface area contributed by atoms with Crippen LogP contribution in [0, 0.1) is 5.41 Å². The number of aromatic nitrogens is 1. The maximum absolute atomic E-state index is 9.80. The van der Waals surface area contributed by atoms with E-state index in [9.17, 15) is 5.11 Å². The number of hydrogen-bond donors (Lipinski definition) is 2. The minimum Gasteiger partial charge on any atom is -0.391 e. The van der Waals surface area contributed by atoms with Crippen molar-refractivity contribution in [2.45, 2.75) is 33.4 Å². The number of aliphatic hydroxyl groups is 1. The molecule has 1 atom stereocenters. The van der Waals surface area contributed by atoms with E-state index in [0.717, 1.165) is 6.54 Å². The van der Waals surface area contributed by atoms with E-state index < -0.39 is 0 Å². The molecule has 0 aromatic carbocycles. The largest absolute Gasteiger partial charge is 0.391 e. The predicted molar refractivity (Wildman–Crippen MR) is 62.6 cm³/mol. The molecule has 86 valence electrons. The van der Waals surface area contributed by atoms with Crippen molar-refractivity contribution in [1.29, 1.82) is 0 Å². The Morgan fingerprint density at radius 1 is 1.47 bits per heavy atom. The normalized spacial score (nSPS) is 14.2. The molecule has 0 aliphatic rings. The third-order valence-electron chi connectivity index (χ3n) is 2.56. The first kappa shape index (κ1) is 12.3. The molecular formula is C12H22N2O. The fourth-order valence-electron chi connectivity index (χ4n) is 1.32. The zero-order valence-corrected chi connectivity index (χ0v) is 10.1. The molecule has 1 heterocycles. The van der Waals surface area contributed by atoms with Gasteiger partial charge in [-0.2, -0.15) is 0 Å². The second-order valence-corrected chi connectivity index (χ2v) is 5.20. The van der Waals surface area contributed by atoms with Gasteiger partial charge in [0.05, 0.1) is 6.10 Å². The van der Waals surface area contributed by atoms with Gasteiger partial charge in [0.1, 0.15) is 0 Å². The first-order valence-electron chi connectivity index (χ1n) is 5.39. The van der Waals surface area contributed by atoms with Gasteiger partial charge in [-0.15, -0.1) is 0 Å². The molecule has 1 unspecified atom stereocenters. The summed E-state index contributed by atoms with van der Waals surface area (Å²) in [5.41, 5.74) is 1.20. The Kier molecular flexibility index (Phi) is 3.94. The van der Waals surface area contributed by atoms with Crippen LogP contribution < -0.4 is 5.32 Å². The van der Waals surface area contributed by atoms with Crippen LogP contribution in [0.2, 0.25) is 0 Å². The van der Waals surface area contributed by atoms with Crippen molar-refractivity contribution in [3.8, 4) is 0 Å². The molecule has 15 heavy (non-hydrogen) atoms. The van der Waals surface area contributed by atoms with Gasteiger partial charge in [0.2, 0.25) is 0 Å². The molecule has 1 aromatic heterocycles. The second-order valence-electron chi connectivity index (χ2n) is 5.20. The molecule has 0 bridgehead atoms. The van der Waals surface area contributed by atoms with Gasteiger partial charge < -0.3 is 15.0 Å². The molecule has 0 saturated heterocycles. The number of aryl methyl sites for hydroxylation is 1. The van der Waals surface area contributed by atoms with Crippen LogP contribution in [0.1, 0.15) is 26.3 Å². The Morgan fingerprint density at radius 2 is 2.13 bits per heavy atom. The zero-order chi connectivity index (χ0) is 11.5. The Bertz CT molecular complexity index is 299. The summed E-state index contributed by atoms with van der Waals surface area (Å²) < 4.78 is 2.03. The van der Waals surface area contributed by atoms with Gasteiger partial charge in [0.25, 0.3) is 0 Å². The van der Waals surface area contributed by atoms with Crippen molar-refractivity contribution >= 4 is 0 Å². The summed E-state index contributed by atoms with van der Waals surface area (Å²) in [4.78, 5) is 0. The lowest BCUT2D eigenvalue weighted by molar-refractivity contribution is 0.0628. The fourth-order valence-corrected chi connectivity index (χ4v) is 1.32. The average molecular weight is 210 g/mol. The standard InChI is InChI=1S/C12H22N2O/c1-12(2,3)11(15)8-13-7-10-5-6-14(4)9-10/h5-6,9,11,13,15H,7-8H2,1-4H3. The maximum Gasteiger partial charge on any atom is 0.0712 e. The number of nitrogens with zero attached hydrogens (tertiary/aromatic N) is 1. The van der Waals surface area contributed by atoms with E-state index in [4.69, 9.17) is 0 Å². The molecule has 1 rings (SSSR count). The van der Waals surface area contributed by atoms with E-state index in [1.807, 2.05) is 38.6 Å². The second kappa shape index (κ2) is 4.81. The van der Waals surface area contributed by atoms with Crippen LogP contribution in [0.5, 0.6) is 0 Å². The van der Waals surface area contributed by atoms with Crippen LogP contribution in [0.25, 0.3) is 0 Å². The highest BCUT2D eigenvalue weighted by Crippen LogP contribution is 2.18. The van der Waals surface area contributed by atoms with Crippen LogP contribution in [0.4, 0.5) is 0 Å². The minimum atomic E-state index is -0.304. The van der Waals surface area contributed by atoms with E-state index in [1.165, 1.54) is 5.56 Å². The summed E-state index contributed by atoms with van der Waals surface area (Å²) in [6, 6.07) is 2.08. The molecule has 0 saturated carbocycles.